The molecule has 0 aliphatic carbocycles. The van der Waals surface area contributed by atoms with Gasteiger partial charge in [0.15, 0.2) is 0 Å². The number of fused-ring (bicyclic) bond motifs is 1. The molecule has 0 unspecified atom stereocenters. The van der Waals surface area contributed by atoms with Gasteiger partial charge in [-0.2, -0.15) is 0 Å². The van der Waals surface area contributed by atoms with Crippen LogP contribution in [0.15, 0.2) is 24.5 Å². The van der Waals surface area contributed by atoms with Crippen LogP contribution >= 0.6 is 15.9 Å². The normalized spacial score (nSPS) is 14.6. The van der Waals surface area contributed by atoms with Gasteiger partial charge in [0.1, 0.15) is 23.1 Å². The molecule has 1 aliphatic heterocycles. The highest BCUT2D eigenvalue weighted by Gasteiger charge is 2.23. The number of rotatable bonds is 2. The number of anilines is 1. The molecule has 19 heavy (non-hydrogen) atoms. The largest absolute Gasteiger partial charge is 0.358 e. The molecule has 0 amide bonds. The quantitative estimate of drug-likeness (QED) is 0.790. The summed E-state index contributed by atoms with van der Waals surface area (Å²) < 4.78 is 30.1. The average molecular weight is 328 g/mol. The smallest absolute Gasteiger partial charge is 0.149 e. The summed E-state index contributed by atoms with van der Waals surface area (Å²) >= 11 is 3.20. The zero-order valence-electron chi connectivity index (χ0n) is 10.1. The van der Waals surface area contributed by atoms with Gasteiger partial charge in [-0.25, -0.2) is 13.8 Å². The highest BCUT2D eigenvalue weighted by atomic mass is 79.9. The minimum absolute atomic E-state index is 0.0407. The average Bonchev–Trinajstić information content (AvgIpc) is 2.85. The van der Waals surface area contributed by atoms with Gasteiger partial charge in [0.25, 0.3) is 0 Å². The van der Waals surface area contributed by atoms with E-state index in [1.807, 2.05) is 10.8 Å². The molecular weight excluding hydrogens is 316 g/mol. The summed E-state index contributed by atoms with van der Waals surface area (Å²) in [5, 5.41) is 0.436. The fraction of sp³-hybridized carbons (Fsp3) is 0.308. The Morgan fingerprint density at radius 3 is 2.63 bits per heavy atom. The molecule has 0 spiro atoms. The van der Waals surface area contributed by atoms with E-state index in [1.165, 1.54) is 12.1 Å². The molecule has 0 saturated heterocycles. The topological polar surface area (TPSA) is 21.1 Å². The van der Waals surface area contributed by atoms with Crippen LogP contribution in [0.5, 0.6) is 0 Å². The molecule has 0 saturated carbocycles. The lowest BCUT2D eigenvalue weighted by atomic mass is 10.1. The summed E-state index contributed by atoms with van der Waals surface area (Å²) in [5.41, 5.74) is 0.635. The van der Waals surface area contributed by atoms with E-state index in [1.54, 1.807) is 11.1 Å². The van der Waals surface area contributed by atoms with Crippen molar-refractivity contribution < 1.29 is 8.78 Å². The van der Waals surface area contributed by atoms with E-state index in [0.29, 0.717) is 30.5 Å². The lowest BCUT2D eigenvalue weighted by molar-refractivity contribution is 0.521. The van der Waals surface area contributed by atoms with E-state index in [-0.39, 0.29) is 5.69 Å². The first-order valence-electron chi connectivity index (χ1n) is 5.98. The maximum atomic E-state index is 14.1. The molecule has 1 aliphatic rings. The molecule has 2 heterocycles. The molecule has 100 valence electrons. The first-order valence-corrected chi connectivity index (χ1v) is 7.10. The number of aromatic nitrogens is 2. The first kappa shape index (κ1) is 12.6. The third-order valence-corrected chi connectivity index (χ3v) is 3.94. The van der Waals surface area contributed by atoms with Crippen LogP contribution in [0.25, 0.3) is 0 Å². The van der Waals surface area contributed by atoms with Gasteiger partial charge in [-0.1, -0.05) is 15.9 Å². The molecular formula is C13H12BrF2N3. The van der Waals surface area contributed by atoms with Crippen molar-refractivity contribution in [3.63, 3.8) is 0 Å². The number of hydrogen-bond donors (Lipinski definition) is 0. The van der Waals surface area contributed by atoms with Crippen molar-refractivity contribution in [1.82, 2.24) is 9.55 Å². The fourth-order valence-corrected chi connectivity index (χ4v) is 2.69. The van der Waals surface area contributed by atoms with Gasteiger partial charge in [-0.05, 0) is 17.7 Å². The zero-order valence-corrected chi connectivity index (χ0v) is 11.7. The van der Waals surface area contributed by atoms with Crippen molar-refractivity contribution in [3.05, 3.63) is 47.5 Å². The van der Waals surface area contributed by atoms with Crippen LogP contribution in [0.1, 0.15) is 11.4 Å². The molecule has 1 aromatic heterocycles. The van der Waals surface area contributed by atoms with Gasteiger partial charge in [-0.15, -0.1) is 0 Å². The Balaban J connectivity index is 1.96. The standard InChI is InChI=1S/C13H12BrF2N3/c14-7-9-5-10(15)13(11(16)6-9)19-4-3-18-2-1-17-12(18)8-19/h1-2,5-6H,3-4,7-8H2. The Kier molecular flexibility index (Phi) is 3.26. The zero-order chi connectivity index (χ0) is 13.4. The third kappa shape index (κ3) is 2.25. The number of alkyl halides is 1. The lowest BCUT2D eigenvalue weighted by Crippen LogP contribution is -2.34. The van der Waals surface area contributed by atoms with Crippen LogP contribution in [0.3, 0.4) is 0 Å². The fourth-order valence-electron chi connectivity index (χ4n) is 2.36. The molecule has 3 nitrogen and oxygen atoms in total. The van der Waals surface area contributed by atoms with Crippen LogP contribution in [0.2, 0.25) is 0 Å². The van der Waals surface area contributed by atoms with Crippen LogP contribution in [0, 0.1) is 11.6 Å². The Labute approximate surface area is 118 Å². The molecule has 6 heteroatoms. The van der Waals surface area contributed by atoms with Crippen molar-refractivity contribution in [3.8, 4) is 0 Å². The summed E-state index contributed by atoms with van der Waals surface area (Å²) in [5.74, 6) is -0.210. The Morgan fingerprint density at radius 1 is 1.21 bits per heavy atom. The van der Waals surface area contributed by atoms with Gasteiger partial charge in [0.05, 0.1) is 6.54 Å². The van der Waals surface area contributed by atoms with Crippen molar-refractivity contribution >= 4 is 21.6 Å². The predicted molar refractivity (Wildman–Crippen MR) is 72.3 cm³/mol. The summed E-state index contributed by atoms with van der Waals surface area (Å²) in [6.07, 6.45) is 3.59. The maximum Gasteiger partial charge on any atom is 0.149 e. The third-order valence-electron chi connectivity index (χ3n) is 3.29. The summed E-state index contributed by atoms with van der Waals surface area (Å²) in [6.45, 7) is 1.69. The summed E-state index contributed by atoms with van der Waals surface area (Å²) in [4.78, 5) is 5.89. The van der Waals surface area contributed by atoms with Crippen LogP contribution in [0.4, 0.5) is 14.5 Å². The van der Waals surface area contributed by atoms with E-state index in [9.17, 15) is 8.78 Å². The predicted octanol–water partition coefficient (Wildman–Crippen LogP) is 3.08. The van der Waals surface area contributed by atoms with E-state index in [2.05, 4.69) is 20.9 Å². The van der Waals surface area contributed by atoms with Crippen LogP contribution in [-0.2, 0) is 18.4 Å². The number of benzene rings is 1. The highest BCUT2D eigenvalue weighted by molar-refractivity contribution is 9.08. The molecule has 1 aromatic carbocycles. The van der Waals surface area contributed by atoms with E-state index < -0.39 is 11.6 Å². The van der Waals surface area contributed by atoms with E-state index in [4.69, 9.17) is 0 Å². The number of hydrogen-bond acceptors (Lipinski definition) is 2. The van der Waals surface area contributed by atoms with Crippen molar-refractivity contribution in [2.75, 3.05) is 11.4 Å². The summed E-state index contributed by atoms with van der Waals surface area (Å²) in [7, 11) is 0. The second-order valence-corrected chi connectivity index (χ2v) is 5.06. The monoisotopic (exact) mass is 327 g/mol. The van der Waals surface area contributed by atoms with Crippen molar-refractivity contribution in [2.24, 2.45) is 0 Å². The second-order valence-electron chi connectivity index (χ2n) is 4.50. The van der Waals surface area contributed by atoms with Crippen LogP contribution in [-0.4, -0.2) is 16.1 Å². The van der Waals surface area contributed by atoms with Gasteiger partial charge in [-0.3, -0.25) is 0 Å². The van der Waals surface area contributed by atoms with E-state index in [0.717, 1.165) is 5.82 Å². The minimum atomic E-state index is -0.519. The molecule has 2 aromatic rings. The highest BCUT2D eigenvalue weighted by Crippen LogP contribution is 2.28. The lowest BCUT2D eigenvalue weighted by Gasteiger charge is -2.30. The number of imidazole rings is 1. The Bertz CT molecular complexity index is 589. The molecule has 0 fully saturated rings. The van der Waals surface area contributed by atoms with Gasteiger partial charge < -0.3 is 9.47 Å². The van der Waals surface area contributed by atoms with Gasteiger partial charge in [0, 0.05) is 30.8 Å². The second kappa shape index (κ2) is 4.92. The SMILES string of the molecule is Fc1cc(CBr)cc(F)c1N1CCn2ccnc2C1. The van der Waals surface area contributed by atoms with Crippen LogP contribution < -0.4 is 4.90 Å². The maximum absolute atomic E-state index is 14.1. The minimum Gasteiger partial charge on any atom is -0.358 e. The first-order chi connectivity index (χ1) is 9.19. The number of nitrogens with zero attached hydrogens (tertiary/aromatic N) is 3. The molecule has 0 bridgehead atoms. The molecule has 0 N–H and O–H groups in total. The Morgan fingerprint density at radius 2 is 1.95 bits per heavy atom. The molecule has 3 rings (SSSR count). The Hall–Kier alpha value is -1.43. The van der Waals surface area contributed by atoms with Gasteiger partial charge in [0.2, 0.25) is 0 Å². The van der Waals surface area contributed by atoms with Gasteiger partial charge >= 0.3 is 0 Å². The molecule has 0 atom stereocenters. The van der Waals surface area contributed by atoms with Crippen molar-refractivity contribution in [1.29, 1.82) is 0 Å². The number of halogens is 3. The van der Waals surface area contributed by atoms with E-state index >= 15 is 0 Å². The summed E-state index contributed by atoms with van der Waals surface area (Å²) in [6, 6.07) is 2.74. The van der Waals surface area contributed by atoms with Crippen molar-refractivity contribution in [2.45, 2.75) is 18.4 Å². The molecule has 0 radical (unpaired) electrons.